The topological polar surface area (TPSA) is 68.5 Å². The summed E-state index contributed by atoms with van der Waals surface area (Å²) in [5.74, 6) is 1.02. The molecule has 1 aliphatic heterocycles. The van der Waals surface area contributed by atoms with E-state index in [-0.39, 0.29) is 11.9 Å². The van der Waals surface area contributed by atoms with Crippen molar-refractivity contribution >= 4 is 12.0 Å². The van der Waals surface area contributed by atoms with Crippen LogP contribution in [0.5, 0.6) is 0 Å². The Bertz CT molecular complexity index is 697. The van der Waals surface area contributed by atoms with Gasteiger partial charge in [0.2, 0.25) is 17.7 Å². The van der Waals surface area contributed by atoms with Crippen molar-refractivity contribution in [2.75, 3.05) is 19.8 Å². The molecule has 1 saturated heterocycles. The van der Waals surface area contributed by atoms with Gasteiger partial charge in [0, 0.05) is 19.9 Å². The van der Waals surface area contributed by atoms with Crippen LogP contribution in [0, 0.1) is 6.92 Å². The fourth-order valence-corrected chi connectivity index (χ4v) is 2.69. The van der Waals surface area contributed by atoms with Crippen LogP contribution in [0.2, 0.25) is 0 Å². The molecular weight excluding hydrogens is 306 g/mol. The van der Waals surface area contributed by atoms with Crippen molar-refractivity contribution in [2.24, 2.45) is 0 Å². The molecular formula is C18H21N3O3. The van der Waals surface area contributed by atoms with Gasteiger partial charge in [-0.2, -0.15) is 0 Å². The number of ether oxygens (including phenoxy) is 1. The molecule has 126 valence electrons. The first kappa shape index (κ1) is 16.4. The molecule has 0 radical (unpaired) electrons. The van der Waals surface area contributed by atoms with E-state index < -0.39 is 0 Å². The van der Waals surface area contributed by atoms with Crippen LogP contribution < -0.4 is 0 Å². The zero-order valence-electron chi connectivity index (χ0n) is 13.7. The summed E-state index contributed by atoms with van der Waals surface area (Å²) >= 11 is 0. The first-order valence-electron chi connectivity index (χ1n) is 8.13. The lowest BCUT2D eigenvalue weighted by Crippen LogP contribution is -2.43. The summed E-state index contributed by atoms with van der Waals surface area (Å²) in [7, 11) is 0. The van der Waals surface area contributed by atoms with Crippen LogP contribution in [0.4, 0.5) is 0 Å². The van der Waals surface area contributed by atoms with Crippen molar-refractivity contribution in [2.45, 2.75) is 25.8 Å². The van der Waals surface area contributed by atoms with Crippen LogP contribution in [0.15, 0.2) is 40.8 Å². The predicted molar refractivity (Wildman–Crippen MR) is 89.0 cm³/mol. The van der Waals surface area contributed by atoms with Crippen LogP contribution in [0.1, 0.15) is 36.2 Å². The number of carbonyl (C=O) groups excluding carboxylic acids is 1. The molecule has 2 aromatic rings. The van der Waals surface area contributed by atoms with Gasteiger partial charge >= 0.3 is 0 Å². The Morgan fingerprint density at radius 3 is 2.92 bits per heavy atom. The molecule has 6 heteroatoms. The number of morpholine rings is 1. The third-order valence-corrected chi connectivity index (χ3v) is 3.91. The number of benzene rings is 1. The van der Waals surface area contributed by atoms with Crippen molar-refractivity contribution in [3.8, 4) is 0 Å². The second-order valence-electron chi connectivity index (χ2n) is 5.69. The Balaban J connectivity index is 1.57. The molecule has 0 N–H and O–H groups in total. The summed E-state index contributed by atoms with van der Waals surface area (Å²) < 4.78 is 11.0. The highest BCUT2D eigenvalue weighted by atomic mass is 16.5. The number of amides is 1. The van der Waals surface area contributed by atoms with E-state index in [1.807, 2.05) is 42.5 Å². The molecule has 2 heterocycles. The van der Waals surface area contributed by atoms with Crippen molar-refractivity contribution in [3.05, 3.63) is 53.8 Å². The predicted octanol–water partition coefficient (Wildman–Crippen LogP) is 2.77. The molecule has 1 aliphatic rings. The maximum Gasteiger partial charge on any atom is 0.241 e. The molecule has 1 unspecified atom stereocenters. The summed E-state index contributed by atoms with van der Waals surface area (Å²) in [6, 6.07) is 9.76. The van der Waals surface area contributed by atoms with Crippen LogP contribution in [-0.4, -0.2) is 40.8 Å². The summed E-state index contributed by atoms with van der Waals surface area (Å²) in [5.41, 5.74) is 1.13. The van der Waals surface area contributed by atoms with E-state index in [9.17, 15) is 4.79 Å². The average molecular weight is 327 g/mol. The van der Waals surface area contributed by atoms with Gasteiger partial charge in [-0.3, -0.25) is 4.79 Å². The van der Waals surface area contributed by atoms with E-state index >= 15 is 0 Å². The van der Waals surface area contributed by atoms with Gasteiger partial charge < -0.3 is 14.1 Å². The molecule has 1 aromatic carbocycles. The van der Waals surface area contributed by atoms with Crippen molar-refractivity contribution in [3.63, 3.8) is 0 Å². The van der Waals surface area contributed by atoms with Gasteiger partial charge in [-0.05, 0) is 12.0 Å². The smallest absolute Gasteiger partial charge is 0.241 e. The van der Waals surface area contributed by atoms with Gasteiger partial charge in [-0.15, -0.1) is 10.2 Å². The van der Waals surface area contributed by atoms with Crippen molar-refractivity contribution in [1.29, 1.82) is 0 Å². The second kappa shape index (κ2) is 7.88. The lowest BCUT2D eigenvalue weighted by atomic mass is 10.1. The van der Waals surface area contributed by atoms with Crippen LogP contribution in [0.3, 0.4) is 0 Å². The number of nitrogens with zero attached hydrogens (tertiary/aromatic N) is 3. The summed E-state index contributed by atoms with van der Waals surface area (Å²) in [5, 5.41) is 7.88. The maximum absolute atomic E-state index is 12.5. The largest absolute Gasteiger partial charge is 0.423 e. The molecule has 0 aliphatic carbocycles. The number of hydrogen-bond acceptors (Lipinski definition) is 5. The second-order valence-corrected chi connectivity index (χ2v) is 5.69. The minimum absolute atomic E-state index is 0.0804. The quantitative estimate of drug-likeness (QED) is 0.844. The zero-order chi connectivity index (χ0) is 16.8. The fourth-order valence-electron chi connectivity index (χ4n) is 2.69. The van der Waals surface area contributed by atoms with E-state index in [0.29, 0.717) is 44.4 Å². The summed E-state index contributed by atoms with van der Waals surface area (Å²) in [6.07, 6.45) is 5.21. The number of hydrogen-bond donors (Lipinski definition) is 0. The molecule has 1 amide bonds. The lowest BCUT2D eigenvalue weighted by Gasteiger charge is -2.33. The van der Waals surface area contributed by atoms with Gasteiger partial charge in [0.1, 0.15) is 6.04 Å². The lowest BCUT2D eigenvalue weighted by molar-refractivity contribution is -0.141. The van der Waals surface area contributed by atoms with E-state index in [2.05, 4.69) is 10.2 Å². The standard InChI is InChI=1S/C18H21N3O3/c1-14-19-20-18(24-14)16-13-23-12-11-21(16)17(22)10-6-5-9-15-7-3-2-4-8-15/h2-5,7-9,16H,6,10-13H2,1H3/b9-5+. The number of carbonyl (C=O) groups is 1. The van der Waals surface area contributed by atoms with E-state index in [0.717, 1.165) is 5.56 Å². The molecule has 0 bridgehead atoms. The molecule has 1 atom stereocenters. The number of aryl methyl sites for hydroxylation is 1. The van der Waals surface area contributed by atoms with Gasteiger partial charge in [-0.25, -0.2) is 0 Å². The zero-order valence-corrected chi connectivity index (χ0v) is 13.7. The Hall–Kier alpha value is -2.47. The Labute approximate surface area is 141 Å². The van der Waals surface area contributed by atoms with Gasteiger partial charge in [0.25, 0.3) is 0 Å². The van der Waals surface area contributed by atoms with Crippen molar-refractivity contribution < 1.29 is 13.9 Å². The van der Waals surface area contributed by atoms with Crippen LogP contribution in [-0.2, 0) is 9.53 Å². The van der Waals surface area contributed by atoms with Crippen molar-refractivity contribution in [1.82, 2.24) is 15.1 Å². The minimum atomic E-state index is -0.287. The highest BCUT2D eigenvalue weighted by Crippen LogP contribution is 2.24. The highest BCUT2D eigenvalue weighted by Gasteiger charge is 2.31. The van der Waals surface area contributed by atoms with Gasteiger partial charge in [0.15, 0.2) is 0 Å². The highest BCUT2D eigenvalue weighted by molar-refractivity contribution is 5.77. The van der Waals surface area contributed by atoms with E-state index in [1.165, 1.54) is 0 Å². The number of aromatic nitrogens is 2. The van der Waals surface area contributed by atoms with Crippen LogP contribution >= 0.6 is 0 Å². The molecule has 0 saturated carbocycles. The maximum atomic E-state index is 12.5. The summed E-state index contributed by atoms with van der Waals surface area (Å²) in [6.45, 7) is 3.22. The molecule has 3 rings (SSSR count). The molecule has 24 heavy (non-hydrogen) atoms. The number of allylic oxidation sites excluding steroid dienone is 1. The molecule has 1 fully saturated rings. The summed E-state index contributed by atoms with van der Waals surface area (Å²) in [4.78, 5) is 14.3. The molecule has 0 spiro atoms. The normalized spacial score (nSPS) is 18.2. The Kier molecular flexibility index (Phi) is 5.38. The third-order valence-electron chi connectivity index (χ3n) is 3.91. The average Bonchev–Trinajstić information content (AvgIpc) is 3.06. The van der Waals surface area contributed by atoms with E-state index in [4.69, 9.17) is 9.15 Å². The number of rotatable bonds is 5. The molecule has 6 nitrogen and oxygen atoms in total. The van der Waals surface area contributed by atoms with Gasteiger partial charge in [-0.1, -0.05) is 42.5 Å². The SMILES string of the molecule is Cc1nnc(C2COCCN2C(=O)CC/C=C/c2ccccc2)o1. The Morgan fingerprint density at radius 1 is 1.33 bits per heavy atom. The van der Waals surface area contributed by atoms with Gasteiger partial charge in [0.05, 0.1) is 13.2 Å². The first-order chi connectivity index (χ1) is 11.7. The first-order valence-corrected chi connectivity index (χ1v) is 8.13. The van der Waals surface area contributed by atoms with Crippen LogP contribution in [0.25, 0.3) is 6.08 Å². The Morgan fingerprint density at radius 2 is 2.17 bits per heavy atom. The minimum Gasteiger partial charge on any atom is -0.423 e. The third kappa shape index (κ3) is 4.08. The molecule has 1 aromatic heterocycles. The fraction of sp³-hybridized carbons (Fsp3) is 0.389. The van der Waals surface area contributed by atoms with E-state index in [1.54, 1.807) is 11.8 Å². The monoisotopic (exact) mass is 327 g/mol.